The number of nitrogens with one attached hydrogen (secondary N) is 1. The van der Waals surface area contributed by atoms with Gasteiger partial charge in [-0.1, -0.05) is 19.3 Å². The molecule has 0 spiro atoms. The van der Waals surface area contributed by atoms with Gasteiger partial charge in [-0.3, -0.25) is 9.59 Å². The number of hydrogen-bond acceptors (Lipinski definition) is 2. The Labute approximate surface area is 112 Å². The highest BCUT2D eigenvalue weighted by molar-refractivity contribution is 6.29. The molecular formula is C11H14ClF4NO2. The lowest BCUT2D eigenvalue weighted by atomic mass is 9.78. The molecule has 1 aliphatic rings. The highest BCUT2D eigenvalue weighted by Gasteiger charge is 2.52. The molecule has 1 rings (SSSR count). The molecule has 1 amide bonds. The highest BCUT2D eigenvalue weighted by Crippen LogP contribution is 2.32. The predicted molar refractivity (Wildman–Crippen MR) is 60.6 cm³/mol. The minimum absolute atomic E-state index is 0.142. The summed E-state index contributed by atoms with van der Waals surface area (Å²) in [6.07, 6.45) is -1.95. The fourth-order valence-electron chi connectivity index (χ4n) is 2.16. The van der Waals surface area contributed by atoms with E-state index >= 15 is 0 Å². The molecule has 19 heavy (non-hydrogen) atoms. The molecule has 0 heterocycles. The van der Waals surface area contributed by atoms with E-state index in [0.717, 1.165) is 6.42 Å². The average molecular weight is 304 g/mol. The minimum atomic E-state index is -4.81. The number of ketones is 1. The largest absolute Gasteiger partial charge is 0.383 e. The van der Waals surface area contributed by atoms with Crippen LogP contribution in [0.1, 0.15) is 32.1 Å². The summed E-state index contributed by atoms with van der Waals surface area (Å²) in [7, 11) is 0. The molecule has 1 fully saturated rings. The van der Waals surface area contributed by atoms with Gasteiger partial charge in [0.15, 0.2) is 5.78 Å². The van der Waals surface area contributed by atoms with Crippen molar-refractivity contribution in [2.45, 2.75) is 50.0 Å². The Morgan fingerprint density at radius 3 is 2.16 bits per heavy atom. The number of carbonyl (C=O) groups is 2. The van der Waals surface area contributed by atoms with Gasteiger partial charge < -0.3 is 5.32 Å². The van der Waals surface area contributed by atoms with Crippen LogP contribution < -0.4 is 5.32 Å². The van der Waals surface area contributed by atoms with Crippen molar-refractivity contribution < 1.29 is 27.2 Å². The maximum atomic E-state index is 12.9. The van der Waals surface area contributed by atoms with E-state index < -0.39 is 35.5 Å². The Kier molecular flexibility index (Phi) is 5.18. The zero-order valence-electron chi connectivity index (χ0n) is 10.0. The number of carbonyl (C=O) groups excluding carboxylic acids is 2. The third-order valence-corrected chi connectivity index (χ3v) is 3.53. The first kappa shape index (κ1) is 16.2. The van der Waals surface area contributed by atoms with Gasteiger partial charge in [-0.2, -0.15) is 8.78 Å². The molecule has 0 unspecified atom stereocenters. The van der Waals surface area contributed by atoms with Crippen molar-refractivity contribution in [3.05, 3.63) is 0 Å². The van der Waals surface area contributed by atoms with E-state index in [4.69, 9.17) is 11.6 Å². The van der Waals surface area contributed by atoms with Gasteiger partial charge in [-0.05, 0) is 12.8 Å². The molecule has 3 nitrogen and oxygen atoms in total. The summed E-state index contributed by atoms with van der Waals surface area (Å²) in [6.45, 7) is 0. The molecule has 0 aromatic carbocycles. The first-order chi connectivity index (χ1) is 8.76. The predicted octanol–water partition coefficient (Wildman–Crippen LogP) is 2.51. The molecular weight excluding hydrogens is 290 g/mol. The van der Waals surface area contributed by atoms with E-state index in [2.05, 4.69) is 0 Å². The van der Waals surface area contributed by atoms with Gasteiger partial charge in [0.25, 0.3) is 5.91 Å². The van der Waals surface area contributed by atoms with Gasteiger partial charge in [-0.15, -0.1) is 11.6 Å². The van der Waals surface area contributed by atoms with Crippen molar-refractivity contribution in [2.75, 3.05) is 5.88 Å². The van der Waals surface area contributed by atoms with Crippen molar-refractivity contribution in [2.24, 2.45) is 0 Å². The smallest absolute Gasteiger partial charge is 0.338 e. The van der Waals surface area contributed by atoms with E-state index in [1.54, 1.807) is 5.32 Å². The van der Waals surface area contributed by atoms with Crippen molar-refractivity contribution in [1.82, 2.24) is 5.32 Å². The van der Waals surface area contributed by atoms with Crippen molar-refractivity contribution in [1.29, 1.82) is 0 Å². The third kappa shape index (κ3) is 3.38. The van der Waals surface area contributed by atoms with E-state index in [0.29, 0.717) is 12.8 Å². The van der Waals surface area contributed by atoms with Gasteiger partial charge in [0, 0.05) is 0 Å². The van der Waals surface area contributed by atoms with Crippen LogP contribution in [0.4, 0.5) is 17.6 Å². The fourth-order valence-corrected chi connectivity index (χ4v) is 2.41. The van der Waals surface area contributed by atoms with Crippen LogP contribution in [0, 0.1) is 0 Å². The van der Waals surface area contributed by atoms with Crippen LogP contribution in [-0.2, 0) is 9.59 Å². The zero-order valence-corrected chi connectivity index (χ0v) is 10.8. The van der Waals surface area contributed by atoms with Crippen molar-refractivity contribution in [3.63, 3.8) is 0 Å². The van der Waals surface area contributed by atoms with E-state index in [1.165, 1.54) is 0 Å². The molecule has 110 valence electrons. The number of Topliss-reactive ketones (excluding diaryl/α,β-unsaturated/α-hetero) is 1. The maximum absolute atomic E-state index is 12.9. The summed E-state index contributed by atoms with van der Waals surface area (Å²) in [6, 6.07) is 0. The summed E-state index contributed by atoms with van der Waals surface area (Å²) in [4.78, 5) is 23.0. The van der Waals surface area contributed by atoms with Crippen LogP contribution in [0.15, 0.2) is 0 Å². The summed E-state index contributed by atoms with van der Waals surface area (Å²) in [5, 5.41) is 1.80. The number of amides is 1. The highest BCUT2D eigenvalue weighted by atomic mass is 35.5. The van der Waals surface area contributed by atoms with Crippen LogP contribution >= 0.6 is 11.6 Å². The molecule has 0 atom stereocenters. The van der Waals surface area contributed by atoms with Crippen LogP contribution in [0.5, 0.6) is 0 Å². The quantitative estimate of drug-likeness (QED) is 0.626. The number of hydrogen-bond donors (Lipinski definition) is 1. The second-order valence-electron chi connectivity index (χ2n) is 4.58. The van der Waals surface area contributed by atoms with Gasteiger partial charge in [-0.25, -0.2) is 8.78 Å². The Balaban J connectivity index is 2.90. The van der Waals surface area contributed by atoms with Gasteiger partial charge >= 0.3 is 12.3 Å². The Hall–Kier alpha value is -0.850. The third-order valence-electron chi connectivity index (χ3n) is 3.29. The van der Waals surface area contributed by atoms with Gasteiger partial charge in [0.1, 0.15) is 0 Å². The fraction of sp³-hybridized carbons (Fsp3) is 0.818. The van der Waals surface area contributed by atoms with Gasteiger partial charge in [0.2, 0.25) is 0 Å². The summed E-state index contributed by atoms with van der Waals surface area (Å²) >= 11 is 5.40. The molecule has 0 radical (unpaired) electrons. The molecule has 0 aromatic heterocycles. The molecule has 1 N–H and O–H groups in total. The molecule has 1 saturated carbocycles. The molecule has 0 aromatic rings. The second kappa shape index (κ2) is 6.07. The summed E-state index contributed by atoms with van der Waals surface area (Å²) in [5.74, 6) is -8.01. The first-order valence-electron chi connectivity index (χ1n) is 5.84. The Morgan fingerprint density at radius 1 is 1.21 bits per heavy atom. The number of rotatable bonds is 5. The van der Waals surface area contributed by atoms with Gasteiger partial charge in [0.05, 0.1) is 11.4 Å². The van der Waals surface area contributed by atoms with E-state index in [-0.39, 0.29) is 12.8 Å². The van der Waals surface area contributed by atoms with Crippen LogP contribution in [0.3, 0.4) is 0 Å². The SMILES string of the molecule is O=C(CCl)C1(NC(=O)C(F)(F)C(F)F)CCCCC1. The Morgan fingerprint density at radius 2 is 1.74 bits per heavy atom. The number of halogens is 5. The topological polar surface area (TPSA) is 46.2 Å². The average Bonchev–Trinajstić information content (AvgIpc) is 2.38. The number of alkyl halides is 5. The molecule has 1 aliphatic carbocycles. The Bertz CT molecular complexity index is 357. The maximum Gasteiger partial charge on any atom is 0.383 e. The lowest BCUT2D eigenvalue weighted by Crippen LogP contribution is -2.60. The molecule has 8 heteroatoms. The second-order valence-corrected chi connectivity index (χ2v) is 4.84. The van der Waals surface area contributed by atoms with Crippen LogP contribution in [0.2, 0.25) is 0 Å². The van der Waals surface area contributed by atoms with E-state index in [1.807, 2.05) is 0 Å². The lowest BCUT2D eigenvalue weighted by molar-refractivity contribution is -0.172. The standard InChI is InChI=1S/C11H14ClF4NO2/c12-6-7(18)10(4-2-1-3-5-10)17-9(19)11(15,16)8(13)14/h8H,1-6H2,(H,17,19). The lowest BCUT2D eigenvalue weighted by Gasteiger charge is -2.37. The first-order valence-corrected chi connectivity index (χ1v) is 6.37. The van der Waals surface area contributed by atoms with Crippen molar-refractivity contribution >= 4 is 23.3 Å². The molecule has 0 bridgehead atoms. The normalized spacial score (nSPS) is 19.3. The monoisotopic (exact) mass is 303 g/mol. The minimum Gasteiger partial charge on any atom is -0.338 e. The molecule has 0 saturated heterocycles. The van der Waals surface area contributed by atoms with E-state index in [9.17, 15) is 27.2 Å². The van der Waals surface area contributed by atoms with Crippen molar-refractivity contribution in [3.8, 4) is 0 Å². The summed E-state index contributed by atoms with van der Waals surface area (Å²) < 4.78 is 50.1. The van der Waals surface area contributed by atoms with Crippen LogP contribution in [-0.4, -0.2) is 35.5 Å². The van der Waals surface area contributed by atoms with Crippen LogP contribution in [0.25, 0.3) is 0 Å². The zero-order chi connectivity index (χ0) is 14.7. The molecule has 0 aliphatic heterocycles. The summed E-state index contributed by atoms with van der Waals surface area (Å²) in [5.41, 5.74) is -1.53.